The first-order chi connectivity index (χ1) is 5.83. The van der Waals surface area contributed by atoms with Gasteiger partial charge < -0.3 is 0 Å². The summed E-state index contributed by atoms with van der Waals surface area (Å²) < 4.78 is 0. The Morgan fingerprint density at radius 3 is 2.17 bits per heavy atom. The highest BCUT2D eigenvalue weighted by Gasteiger charge is 2.19. The molecule has 0 N–H and O–H groups in total. The molecular weight excluding hydrogens is 172 g/mol. The van der Waals surface area contributed by atoms with E-state index in [9.17, 15) is 9.59 Å². The standard InChI is InChI=1S/C9H10O2S/c1-2-9-7(3-10)5-12-6-8(9)4-11/h3-6,9H,2H2,1H3. The second-order valence-corrected chi connectivity index (χ2v) is 3.31. The lowest BCUT2D eigenvalue weighted by Crippen LogP contribution is -2.10. The maximum atomic E-state index is 10.6. The zero-order valence-electron chi connectivity index (χ0n) is 6.82. The summed E-state index contributed by atoms with van der Waals surface area (Å²) in [5.41, 5.74) is 1.43. The van der Waals surface area contributed by atoms with Crippen molar-refractivity contribution in [3.05, 3.63) is 22.0 Å². The molecule has 0 aliphatic carbocycles. The minimum absolute atomic E-state index is 0.0150. The molecule has 64 valence electrons. The summed E-state index contributed by atoms with van der Waals surface area (Å²) in [6.45, 7) is 1.97. The van der Waals surface area contributed by atoms with Crippen molar-refractivity contribution in [2.24, 2.45) is 5.92 Å². The maximum Gasteiger partial charge on any atom is 0.147 e. The van der Waals surface area contributed by atoms with Crippen LogP contribution in [0, 0.1) is 5.92 Å². The first kappa shape index (κ1) is 9.26. The van der Waals surface area contributed by atoms with Gasteiger partial charge in [-0.3, -0.25) is 9.59 Å². The van der Waals surface area contributed by atoms with E-state index in [1.807, 2.05) is 6.92 Å². The highest BCUT2D eigenvalue weighted by Crippen LogP contribution is 2.30. The van der Waals surface area contributed by atoms with Crippen molar-refractivity contribution in [3.8, 4) is 0 Å². The highest BCUT2D eigenvalue weighted by atomic mass is 32.2. The number of hydrogen-bond acceptors (Lipinski definition) is 3. The van der Waals surface area contributed by atoms with Crippen molar-refractivity contribution in [3.63, 3.8) is 0 Å². The fourth-order valence-electron chi connectivity index (χ4n) is 1.24. The van der Waals surface area contributed by atoms with Crippen molar-refractivity contribution in [2.45, 2.75) is 13.3 Å². The minimum atomic E-state index is 0.0150. The van der Waals surface area contributed by atoms with Gasteiger partial charge in [0.25, 0.3) is 0 Å². The Morgan fingerprint density at radius 1 is 1.33 bits per heavy atom. The van der Waals surface area contributed by atoms with Gasteiger partial charge in [-0.05, 0) is 17.2 Å². The van der Waals surface area contributed by atoms with Crippen LogP contribution in [0.4, 0.5) is 0 Å². The van der Waals surface area contributed by atoms with Crippen LogP contribution in [0.2, 0.25) is 0 Å². The average molecular weight is 182 g/mol. The second kappa shape index (κ2) is 4.26. The van der Waals surface area contributed by atoms with Crippen LogP contribution in [0.1, 0.15) is 13.3 Å². The van der Waals surface area contributed by atoms with E-state index < -0.39 is 0 Å². The van der Waals surface area contributed by atoms with Crippen LogP contribution in [-0.2, 0) is 9.59 Å². The molecule has 0 aromatic carbocycles. The number of aldehydes is 2. The van der Waals surface area contributed by atoms with Crippen LogP contribution < -0.4 is 0 Å². The fourth-order valence-corrected chi connectivity index (χ4v) is 2.06. The fraction of sp³-hybridized carbons (Fsp3) is 0.333. The number of thioether (sulfide) groups is 1. The van der Waals surface area contributed by atoms with Crippen molar-refractivity contribution < 1.29 is 9.59 Å². The molecule has 0 bridgehead atoms. The molecule has 0 aromatic rings. The molecular formula is C9H10O2S. The predicted molar refractivity (Wildman–Crippen MR) is 49.7 cm³/mol. The van der Waals surface area contributed by atoms with Crippen LogP contribution in [0.5, 0.6) is 0 Å². The molecule has 0 saturated heterocycles. The molecule has 3 heteroatoms. The lowest BCUT2D eigenvalue weighted by atomic mass is 9.92. The molecule has 0 fully saturated rings. The third kappa shape index (κ3) is 1.67. The SMILES string of the molecule is CCC1C(C=O)=CSC=C1C=O. The molecule has 0 amide bonds. The van der Waals surface area contributed by atoms with Crippen LogP contribution >= 0.6 is 11.8 Å². The van der Waals surface area contributed by atoms with Crippen molar-refractivity contribution in [1.82, 2.24) is 0 Å². The first-order valence-electron chi connectivity index (χ1n) is 3.79. The maximum absolute atomic E-state index is 10.6. The van der Waals surface area contributed by atoms with Gasteiger partial charge in [-0.2, -0.15) is 0 Å². The number of allylic oxidation sites excluding steroid dienone is 2. The Kier molecular flexibility index (Phi) is 3.29. The third-order valence-corrected chi connectivity index (χ3v) is 2.71. The van der Waals surface area contributed by atoms with E-state index in [2.05, 4.69) is 0 Å². The smallest absolute Gasteiger partial charge is 0.147 e. The number of carbonyl (C=O) groups excluding carboxylic acids is 2. The molecule has 0 atom stereocenters. The third-order valence-electron chi connectivity index (χ3n) is 1.89. The molecule has 12 heavy (non-hydrogen) atoms. The van der Waals surface area contributed by atoms with Gasteiger partial charge in [0, 0.05) is 17.1 Å². The van der Waals surface area contributed by atoms with E-state index in [1.165, 1.54) is 11.8 Å². The van der Waals surface area contributed by atoms with Crippen LogP contribution in [-0.4, -0.2) is 12.6 Å². The Morgan fingerprint density at radius 2 is 1.83 bits per heavy atom. The lowest BCUT2D eigenvalue weighted by Gasteiger charge is -2.17. The molecule has 0 radical (unpaired) electrons. The van der Waals surface area contributed by atoms with Gasteiger partial charge in [0.1, 0.15) is 12.6 Å². The van der Waals surface area contributed by atoms with Crippen molar-refractivity contribution in [2.75, 3.05) is 0 Å². The Bertz CT molecular complexity index is 229. The van der Waals surface area contributed by atoms with Crippen LogP contribution in [0.25, 0.3) is 0 Å². The summed E-state index contributed by atoms with van der Waals surface area (Å²) in [6.07, 6.45) is 2.46. The van der Waals surface area contributed by atoms with Crippen LogP contribution in [0.15, 0.2) is 22.0 Å². The monoisotopic (exact) mass is 182 g/mol. The minimum Gasteiger partial charge on any atom is -0.298 e. The van der Waals surface area contributed by atoms with Gasteiger partial charge in [0.15, 0.2) is 0 Å². The van der Waals surface area contributed by atoms with Crippen molar-refractivity contribution in [1.29, 1.82) is 0 Å². The number of rotatable bonds is 3. The van der Waals surface area contributed by atoms with Gasteiger partial charge in [-0.1, -0.05) is 6.92 Å². The molecule has 0 spiro atoms. The zero-order valence-corrected chi connectivity index (χ0v) is 7.64. The van der Waals surface area contributed by atoms with Gasteiger partial charge >= 0.3 is 0 Å². The molecule has 2 nitrogen and oxygen atoms in total. The summed E-state index contributed by atoms with van der Waals surface area (Å²) in [4.78, 5) is 21.1. The molecule has 0 saturated carbocycles. The van der Waals surface area contributed by atoms with E-state index >= 15 is 0 Å². The van der Waals surface area contributed by atoms with Crippen LogP contribution in [0.3, 0.4) is 0 Å². The quantitative estimate of drug-likeness (QED) is 0.625. The normalized spacial score (nSPS) is 18.1. The van der Waals surface area contributed by atoms with E-state index in [0.29, 0.717) is 11.1 Å². The number of carbonyl (C=O) groups is 2. The lowest BCUT2D eigenvalue weighted by molar-refractivity contribution is -0.105. The molecule has 0 aromatic heterocycles. The van der Waals surface area contributed by atoms with E-state index in [1.54, 1.807) is 10.8 Å². The summed E-state index contributed by atoms with van der Waals surface area (Å²) in [5.74, 6) is 0.0150. The van der Waals surface area contributed by atoms with Crippen molar-refractivity contribution >= 4 is 24.3 Å². The van der Waals surface area contributed by atoms with E-state index in [4.69, 9.17) is 0 Å². The summed E-state index contributed by atoms with van der Waals surface area (Å²) >= 11 is 1.39. The number of hydrogen-bond donors (Lipinski definition) is 0. The average Bonchev–Trinajstić information content (AvgIpc) is 2.16. The summed E-state index contributed by atoms with van der Waals surface area (Å²) in [5, 5.41) is 3.60. The second-order valence-electron chi connectivity index (χ2n) is 2.57. The zero-order chi connectivity index (χ0) is 8.97. The Balaban J connectivity index is 2.88. The highest BCUT2D eigenvalue weighted by molar-refractivity contribution is 8.05. The largest absolute Gasteiger partial charge is 0.298 e. The molecule has 1 rings (SSSR count). The Hall–Kier alpha value is -0.830. The van der Waals surface area contributed by atoms with E-state index in [-0.39, 0.29) is 5.92 Å². The van der Waals surface area contributed by atoms with Gasteiger partial charge in [0.2, 0.25) is 0 Å². The molecule has 1 aliphatic heterocycles. The summed E-state index contributed by atoms with van der Waals surface area (Å²) in [7, 11) is 0. The van der Waals surface area contributed by atoms with Gasteiger partial charge in [0.05, 0.1) is 0 Å². The topological polar surface area (TPSA) is 34.1 Å². The Labute approximate surface area is 75.7 Å². The van der Waals surface area contributed by atoms with E-state index in [0.717, 1.165) is 19.0 Å². The first-order valence-corrected chi connectivity index (χ1v) is 4.73. The van der Waals surface area contributed by atoms with Gasteiger partial charge in [-0.25, -0.2) is 0 Å². The predicted octanol–water partition coefficient (Wildman–Crippen LogP) is 1.92. The summed E-state index contributed by atoms with van der Waals surface area (Å²) in [6, 6.07) is 0. The molecule has 0 unspecified atom stereocenters. The molecule has 1 heterocycles. The molecule has 1 aliphatic rings. The van der Waals surface area contributed by atoms with Gasteiger partial charge in [-0.15, -0.1) is 11.8 Å².